The van der Waals surface area contributed by atoms with Gasteiger partial charge in [0.15, 0.2) is 5.78 Å². The van der Waals surface area contributed by atoms with Gasteiger partial charge in [0.05, 0.1) is 10.4 Å². The summed E-state index contributed by atoms with van der Waals surface area (Å²) >= 11 is 0.901. The van der Waals surface area contributed by atoms with Crippen molar-refractivity contribution in [1.29, 1.82) is 0 Å². The number of carbonyl (C=O) groups excluding carboxylic acids is 5. The Hall–Kier alpha value is -3.99. The zero-order valence-corrected chi connectivity index (χ0v) is 25.8. The molecule has 2 aromatic rings. The van der Waals surface area contributed by atoms with Gasteiger partial charge in [-0.3, -0.25) is 34.3 Å². The maximum Gasteiger partial charge on any atom is 0.290 e. The van der Waals surface area contributed by atoms with Gasteiger partial charge < -0.3 is 15.5 Å². The number of carbonyl (C=O) groups is 5. The number of amides is 4. The van der Waals surface area contributed by atoms with Crippen LogP contribution in [0.3, 0.4) is 0 Å². The highest BCUT2D eigenvalue weighted by Gasteiger charge is 2.30. The molecule has 44 heavy (non-hydrogen) atoms. The second kappa shape index (κ2) is 14.7. The molecule has 3 fully saturated rings. The van der Waals surface area contributed by atoms with E-state index in [1.165, 1.54) is 6.08 Å². The molecule has 2 aliphatic heterocycles. The minimum absolute atomic E-state index is 0.0233. The Balaban J connectivity index is 1.08. The predicted molar refractivity (Wildman–Crippen MR) is 172 cm³/mol. The van der Waals surface area contributed by atoms with Crippen LogP contribution in [-0.4, -0.2) is 58.9 Å². The van der Waals surface area contributed by atoms with E-state index in [1.54, 1.807) is 25.3 Å². The molecule has 0 radical (unpaired) electrons. The van der Waals surface area contributed by atoms with Gasteiger partial charge in [0.2, 0.25) is 11.8 Å². The van der Waals surface area contributed by atoms with Gasteiger partial charge in [-0.2, -0.15) is 0 Å². The number of aromatic nitrogens is 1. The largest absolute Gasteiger partial charge is 0.371 e. The molecule has 0 bridgehead atoms. The first-order valence-corrected chi connectivity index (χ1v) is 16.2. The van der Waals surface area contributed by atoms with Crippen LogP contribution in [-0.2, 0) is 19.2 Å². The van der Waals surface area contributed by atoms with Crippen molar-refractivity contribution in [2.24, 2.45) is 5.92 Å². The maximum atomic E-state index is 13.1. The summed E-state index contributed by atoms with van der Waals surface area (Å²) in [5, 5.41) is 9.26. The Labute approximate surface area is 261 Å². The van der Waals surface area contributed by atoms with E-state index < -0.39 is 0 Å². The molecule has 3 N–H and O–H groups in total. The van der Waals surface area contributed by atoms with E-state index in [0.717, 1.165) is 85.5 Å². The highest BCUT2D eigenvalue weighted by Crippen LogP contribution is 2.32. The van der Waals surface area contributed by atoms with Crippen LogP contribution in [0.4, 0.5) is 10.5 Å². The molecule has 3 heterocycles. The molecule has 0 unspecified atom stereocenters. The molecule has 2 saturated heterocycles. The van der Waals surface area contributed by atoms with Gasteiger partial charge in [0, 0.05) is 61.2 Å². The van der Waals surface area contributed by atoms with Gasteiger partial charge >= 0.3 is 0 Å². The van der Waals surface area contributed by atoms with Gasteiger partial charge in [-0.1, -0.05) is 12.1 Å². The number of hydrogen-bond donors (Lipinski definition) is 3. The molecular weight excluding hydrogens is 578 g/mol. The standard InChI is InChI=1S/C33H39N5O5S/c1-2-4-25(39)5-3-6-30(40)35-23-10-8-22(9-11-23)31(41)36-24-14-17-38(18-15-24)28-13-16-34-27-12-7-21(19-26(27)28)20-29-32(42)37-33(43)44-29/h2,4,7,12-13,16,19-20,22-24H,3,5-6,8-11,14-15,17-18H2,1H3,(H,35,40)(H,36,41)(H,37,42,43)/b4-2+,29-20-. The zero-order chi connectivity index (χ0) is 31.1. The van der Waals surface area contributed by atoms with Crippen LogP contribution in [0, 0.1) is 5.92 Å². The van der Waals surface area contributed by atoms with Gasteiger partial charge in [-0.25, -0.2) is 0 Å². The van der Waals surface area contributed by atoms with E-state index in [2.05, 4.69) is 25.8 Å². The van der Waals surface area contributed by atoms with E-state index in [-0.39, 0.29) is 46.7 Å². The molecule has 1 aliphatic carbocycles. The maximum absolute atomic E-state index is 13.1. The number of thioether (sulfide) groups is 1. The van der Waals surface area contributed by atoms with Crippen molar-refractivity contribution in [2.75, 3.05) is 18.0 Å². The Morgan fingerprint density at radius 1 is 1.00 bits per heavy atom. The van der Waals surface area contributed by atoms with Crippen LogP contribution in [0.1, 0.15) is 70.3 Å². The van der Waals surface area contributed by atoms with E-state index in [4.69, 9.17) is 0 Å². The molecule has 0 atom stereocenters. The molecule has 1 aromatic heterocycles. The number of pyridine rings is 1. The molecule has 5 rings (SSSR count). The molecule has 11 heteroatoms. The summed E-state index contributed by atoms with van der Waals surface area (Å²) in [6.45, 7) is 3.39. The fourth-order valence-electron chi connectivity index (χ4n) is 6.16. The third kappa shape index (κ3) is 8.13. The number of nitrogens with zero attached hydrogens (tertiary/aromatic N) is 2. The molecule has 10 nitrogen and oxygen atoms in total. The SMILES string of the molecule is C/C=C/C(=O)CCCC(=O)NC1CCC(C(=O)NC2CCN(c3ccnc4ccc(/C=C5\SC(=O)NC5=O)cc34)CC2)CC1. The molecule has 1 saturated carbocycles. The summed E-state index contributed by atoms with van der Waals surface area (Å²) in [7, 11) is 0. The number of rotatable bonds is 10. The Morgan fingerprint density at radius 3 is 2.45 bits per heavy atom. The lowest BCUT2D eigenvalue weighted by atomic mass is 9.85. The third-order valence-electron chi connectivity index (χ3n) is 8.51. The van der Waals surface area contributed by atoms with E-state index in [1.807, 2.05) is 24.3 Å². The van der Waals surface area contributed by atoms with E-state index in [9.17, 15) is 24.0 Å². The first kappa shape index (κ1) is 31.4. The third-order valence-corrected chi connectivity index (χ3v) is 9.32. The lowest BCUT2D eigenvalue weighted by molar-refractivity contribution is -0.127. The first-order valence-electron chi connectivity index (χ1n) is 15.4. The number of hydrogen-bond acceptors (Lipinski definition) is 8. The van der Waals surface area contributed by atoms with Crippen molar-refractivity contribution in [3.8, 4) is 0 Å². The number of piperidine rings is 1. The summed E-state index contributed by atoms with van der Waals surface area (Å²) in [6.07, 6.45) is 12.8. The topological polar surface area (TPSA) is 138 Å². The van der Waals surface area contributed by atoms with Gasteiger partial charge in [0.1, 0.15) is 0 Å². The molecule has 3 aliphatic rings. The van der Waals surface area contributed by atoms with Crippen LogP contribution in [0.5, 0.6) is 0 Å². The lowest BCUT2D eigenvalue weighted by Gasteiger charge is -2.36. The normalized spacial score (nSPS) is 22.0. The lowest BCUT2D eigenvalue weighted by Crippen LogP contribution is -2.47. The van der Waals surface area contributed by atoms with Gasteiger partial charge in [-0.15, -0.1) is 0 Å². The van der Waals surface area contributed by atoms with Crippen molar-refractivity contribution in [3.63, 3.8) is 0 Å². The quantitative estimate of drug-likeness (QED) is 0.328. The van der Waals surface area contributed by atoms with Crippen LogP contribution >= 0.6 is 11.8 Å². The van der Waals surface area contributed by atoms with E-state index in [0.29, 0.717) is 24.2 Å². The van der Waals surface area contributed by atoms with Crippen LogP contribution in [0.25, 0.3) is 17.0 Å². The van der Waals surface area contributed by atoms with Crippen molar-refractivity contribution in [1.82, 2.24) is 20.9 Å². The monoisotopic (exact) mass is 617 g/mol. The second-order valence-corrected chi connectivity index (χ2v) is 12.7. The molecule has 0 spiro atoms. The number of imide groups is 1. The summed E-state index contributed by atoms with van der Waals surface area (Å²) < 4.78 is 0. The number of allylic oxidation sites excluding steroid dienone is 2. The summed E-state index contributed by atoms with van der Waals surface area (Å²) in [4.78, 5) is 67.7. The molecule has 4 amide bonds. The van der Waals surface area contributed by atoms with Crippen molar-refractivity contribution < 1.29 is 24.0 Å². The fourth-order valence-corrected chi connectivity index (χ4v) is 6.85. The first-order chi connectivity index (χ1) is 21.3. The van der Waals surface area contributed by atoms with Crippen LogP contribution < -0.4 is 20.9 Å². The Kier molecular flexibility index (Phi) is 10.5. The van der Waals surface area contributed by atoms with Crippen molar-refractivity contribution in [3.05, 3.63) is 53.1 Å². The number of benzene rings is 1. The zero-order valence-electron chi connectivity index (χ0n) is 25.0. The summed E-state index contributed by atoms with van der Waals surface area (Å²) in [5.74, 6) is -0.286. The van der Waals surface area contributed by atoms with Crippen molar-refractivity contribution in [2.45, 2.75) is 76.8 Å². The van der Waals surface area contributed by atoms with Crippen LogP contribution in [0.15, 0.2) is 47.5 Å². The molecule has 1 aromatic carbocycles. The fraction of sp³-hybridized carbons (Fsp3) is 0.455. The average Bonchev–Trinajstić information content (AvgIpc) is 3.33. The van der Waals surface area contributed by atoms with E-state index >= 15 is 0 Å². The minimum atomic E-state index is -0.378. The second-order valence-electron chi connectivity index (χ2n) is 11.7. The van der Waals surface area contributed by atoms with Crippen molar-refractivity contribution >= 4 is 63.2 Å². The number of anilines is 1. The molecular formula is C33H39N5O5S. The predicted octanol–water partition coefficient (Wildman–Crippen LogP) is 4.63. The highest BCUT2D eigenvalue weighted by atomic mass is 32.2. The number of fused-ring (bicyclic) bond motifs is 1. The Morgan fingerprint density at radius 2 is 1.75 bits per heavy atom. The number of nitrogens with one attached hydrogen (secondary N) is 3. The average molecular weight is 618 g/mol. The highest BCUT2D eigenvalue weighted by molar-refractivity contribution is 8.18. The number of ketones is 1. The van der Waals surface area contributed by atoms with Crippen LogP contribution in [0.2, 0.25) is 0 Å². The smallest absolute Gasteiger partial charge is 0.290 e. The van der Waals surface area contributed by atoms with Gasteiger partial charge in [0.25, 0.3) is 11.1 Å². The summed E-state index contributed by atoms with van der Waals surface area (Å²) in [6, 6.07) is 8.02. The van der Waals surface area contributed by atoms with Gasteiger partial charge in [-0.05, 0) is 99.5 Å². The minimum Gasteiger partial charge on any atom is -0.371 e. The summed E-state index contributed by atoms with van der Waals surface area (Å²) in [5.41, 5.74) is 2.74. The molecule has 232 valence electrons. The Bertz CT molecular complexity index is 1490.